The maximum Gasteiger partial charge on any atom is 0.222 e. The van der Waals surface area contributed by atoms with E-state index in [-0.39, 0.29) is 6.42 Å². The van der Waals surface area contributed by atoms with Crippen LogP contribution in [0.3, 0.4) is 0 Å². The van der Waals surface area contributed by atoms with E-state index in [0.717, 1.165) is 0 Å². The van der Waals surface area contributed by atoms with Crippen LogP contribution in [0.1, 0.15) is 9.16 Å². The van der Waals surface area contributed by atoms with E-state index in [1.165, 1.54) is 0 Å². The fourth-order valence-corrected chi connectivity index (χ4v) is 0.535. The second-order valence-corrected chi connectivity index (χ2v) is 1.65. The first kappa shape index (κ1) is 3.44. The summed E-state index contributed by atoms with van der Waals surface area (Å²) in [5.74, 6) is 0. The first-order chi connectivity index (χ1) is 3.42. The summed E-state index contributed by atoms with van der Waals surface area (Å²) >= 11 is 7.46. The Labute approximate surface area is 52.6 Å². The maximum absolute atomic E-state index is 9.95. The Bertz CT molecular complexity index is 99.9. The molecule has 0 rings (SSSR count). The maximum atomic E-state index is 9.95. The zero-order valence-corrected chi connectivity index (χ0v) is 5.21. The molecule has 0 amide bonds. The van der Waals surface area contributed by atoms with Crippen molar-refractivity contribution in [3.05, 3.63) is 0 Å². The summed E-state index contributed by atoms with van der Waals surface area (Å²) in [6, 6.07) is 0. The minimum Gasteiger partial charge on any atom is -0.281 e. The van der Waals surface area contributed by atoms with Gasteiger partial charge >= 0.3 is 0 Å². The fraction of sp³-hybridized carbons (Fsp3) is 0.667. The number of halogens is 2. The van der Waals surface area contributed by atoms with Gasteiger partial charge in [0.25, 0.3) is 0 Å². The number of hydrogen-bond acceptors (Lipinski definition) is 1. The molecule has 0 bridgehead atoms. The Morgan fingerprint density at radius 3 is 2.67 bits per heavy atom. The molecular weight excluding hydrogens is 167 g/mol. The third-order valence-electron chi connectivity index (χ3n) is 0.206. The van der Waals surface area contributed by atoms with Crippen LogP contribution in [0.5, 0.6) is 0 Å². The van der Waals surface area contributed by atoms with E-state index in [1.807, 2.05) is 0 Å². The van der Waals surface area contributed by atoms with Gasteiger partial charge in [0, 0.05) is 14.4 Å². The molecule has 0 aromatic rings. The molecule has 0 heterocycles. The van der Waals surface area contributed by atoms with Gasteiger partial charge < -0.3 is 0 Å². The van der Waals surface area contributed by atoms with Crippen molar-refractivity contribution in [2.24, 2.45) is 0 Å². The largest absolute Gasteiger partial charge is 0.281 e. The molecule has 0 saturated carbocycles. The van der Waals surface area contributed by atoms with Gasteiger partial charge in [-0.15, -0.1) is 0 Å². The molecule has 0 fully saturated rings. The summed E-state index contributed by atoms with van der Waals surface area (Å²) in [4.78, 5) is 9.95. The van der Waals surface area contributed by atoms with Crippen molar-refractivity contribution in [3.63, 3.8) is 0 Å². The normalized spacial score (nSPS) is 15.7. The van der Waals surface area contributed by atoms with Gasteiger partial charge in [0.1, 0.15) is 0 Å². The Kier molecular flexibility index (Phi) is 2.08. The average Bonchev–Trinajstić information content (AvgIpc) is 1.21. The quantitative estimate of drug-likeness (QED) is 0.457. The predicted molar refractivity (Wildman–Crippen MR) is 29.3 cm³/mol. The Morgan fingerprint density at radius 1 is 2.17 bits per heavy atom. The van der Waals surface area contributed by atoms with Gasteiger partial charge in [-0.3, -0.25) is 4.79 Å². The van der Waals surface area contributed by atoms with E-state index in [0.29, 0.717) is 0 Å². The van der Waals surface area contributed by atoms with Gasteiger partial charge in [0.05, 0.1) is 0 Å². The van der Waals surface area contributed by atoms with Gasteiger partial charge in [-0.05, 0) is 11.6 Å². The molecule has 0 saturated heterocycles. The zero-order chi connectivity index (χ0) is 6.78. The summed E-state index contributed by atoms with van der Waals surface area (Å²) in [5.41, 5.74) is 0. The van der Waals surface area contributed by atoms with Gasteiger partial charge in [-0.2, -0.15) is 0 Å². The zero-order valence-electron chi connectivity index (χ0n) is 4.87. The van der Waals surface area contributed by atoms with E-state index in [1.54, 1.807) is 0 Å². The molecule has 0 aromatic heterocycles. The van der Waals surface area contributed by atoms with E-state index in [4.69, 9.17) is 14.3 Å². The number of rotatable bonds is 2. The van der Waals surface area contributed by atoms with Crippen LogP contribution in [0.4, 0.5) is 0 Å². The topological polar surface area (TPSA) is 17.1 Å². The van der Waals surface area contributed by atoms with E-state index >= 15 is 0 Å². The SMILES string of the molecule is [2H]C([2H])(Br)CC(=O)Cl. The number of hydrogen-bond donors (Lipinski definition) is 0. The molecule has 0 aliphatic rings. The van der Waals surface area contributed by atoms with Gasteiger partial charge in [-0.25, -0.2) is 0 Å². The van der Waals surface area contributed by atoms with Crippen LogP contribution in [-0.4, -0.2) is 10.5 Å². The summed E-state index contributed by atoms with van der Waals surface area (Å²) in [6.45, 7) is 0. The first-order valence-corrected chi connectivity index (χ1v) is 2.46. The second kappa shape index (κ2) is 3.62. The molecule has 0 spiro atoms. The summed E-state index contributed by atoms with van der Waals surface area (Å²) < 4.78 is 13.5. The predicted octanol–water partition coefficient (Wildman–Crippen LogP) is 1.54. The molecule has 0 atom stereocenters. The number of alkyl halides is 1. The molecule has 0 unspecified atom stereocenters. The molecule has 0 aliphatic heterocycles. The first-order valence-electron chi connectivity index (χ1n) is 2.29. The number of carbonyl (C=O) groups is 1. The van der Waals surface area contributed by atoms with Crippen LogP contribution in [0.15, 0.2) is 0 Å². The summed E-state index contributed by atoms with van der Waals surface area (Å²) in [7, 11) is 0. The third-order valence-corrected chi connectivity index (χ3v) is 0.620. The van der Waals surface area contributed by atoms with Crippen LogP contribution in [-0.2, 0) is 4.79 Å². The molecule has 1 nitrogen and oxygen atoms in total. The van der Waals surface area contributed by atoms with Crippen molar-refractivity contribution < 1.29 is 7.54 Å². The monoisotopic (exact) mass is 172 g/mol. The highest BCUT2D eigenvalue weighted by Gasteiger charge is 1.88. The smallest absolute Gasteiger partial charge is 0.222 e. The Hall–Kier alpha value is 0.440. The van der Waals surface area contributed by atoms with Crippen LogP contribution in [0.2, 0.25) is 0 Å². The van der Waals surface area contributed by atoms with Crippen molar-refractivity contribution >= 4 is 32.8 Å². The fourth-order valence-electron chi connectivity index (χ4n) is 0.0525. The molecule has 0 aliphatic carbocycles. The van der Waals surface area contributed by atoms with Gasteiger partial charge in [0.15, 0.2) is 0 Å². The standard InChI is InChI=1S/C3H4BrClO/c4-2-1-3(5)6/h1-2H2/i2D2. The third kappa shape index (κ3) is 4.44. The average molecular weight is 173 g/mol. The molecular formula is C3H4BrClO. The lowest BCUT2D eigenvalue weighted by molar-refractivity contribution is -0.111. The van der Waals surface area contributed by atoms with Crippen molar-refractivity contribution in [1.29, 1.82) is 0 Å². The lowest BCUT2D eigenvalue weighted by Crippen LogP contribution is -1.83. The van der Waals surface area contributed by atoms with E-state index < -0.39 is 10.5 Å². The van der Waals surface area contributed by atoms with Crippen molar-refractivity contribution in [2.75, 3.05) is 5.28 Å². The summed E-state index contributed by atoms with van der Waals surface area (Å²) in [5, 5.41) is -2.32. The van der Waals surface area contributed by atoms with E-state index in [2.05, 4.69) is 15.9 Å². The molecule has 0 N–H and O–H groups in total. The van der Waals surface area contributed by atoms with E-state index in [9.17, 15) is 4.79 Å². The second-order valence-electron chi connectivity index (χ2n) is 0.666. The van der Waals surface area contributed by atoms with Gasteiger partial charge in [-0.1, -0.05) is 15.9 Å². The number of carbonyl (C=O) groups excluding carboxylic acids is 1. The summed E-state index contributed by atoms with van der Waals surface area (Å²) in [6.07, 6.45) is -0.297. The highest BCUT2D eigenvalue weighted by molar-refractivity contribution is 9.09. The molecule has 0 radical (unpaired) electrons. The highest BCUT2D eigenvalue weighted by atomic mass is 79.9. The lowest BCUT2D eigenvalue weighted by atomic mass is 10.6. The molecule has 0 aromatic carbocycles. The Balaban J connectivity index is 3.55. The van der Waals surface area contributed by atoms with Crippen LogP contribution >= 0.6 is 27.5 Å². The van der Waals surface area contributed by atoms with Crippen molar-refractivity contribution in [3.8, 4) is 0 Å². The molecule has 36 valence electrons. The highest BCUT2D eigenvalue weighted by Crippen LogP contribution is 1.91. The minimum absolute atomic E-state index is 0.297. The lowest BCUT2D eigenvalue weighted by Gasteiger charge is -1.76. The molecule has 3 heteroatoms. The van der Waals surface area contributed by atoms with Crippen LogP contribution in [0.25, 0.3) is 0 Å². The van der Waals surface area contributed by atoms with Crippen LogP contribution in [0, 0.1) is 0 Å². The molecule has 6 heavy (non-hydrogen) atoms. The van der Waals surface area contributed by atoms with Crippen molar-refractivity contribution in [2.45, 2.75) is 6.42 Å². The minimum atomic E-state index is -1.65. The van der Waals surface area contributed by atoms with Gasteiger partial charge in [0.2, 0.25) is 5.24 Å². The van der Waals surface area contributed by atoms with Crippen molar-refractivity contribution in [1.82, 2.24) is 0 Å². The Morgan fingerprint density at radius 2 is 2.67 bits per heavy atom. The van der Waals surface area contributed by atoms with Crippen LogP contribution < -0.4 is 0 Å².